The van der Waals surface area contributed by atoms with Crippen LogP contribution in [0, 0.1) is 0 Å². The fourth-order valence-corrected chi connectivity index (χ4v) is 1.03. The second-order valence-corrected chi connectivity index (χ2v) is 3.15. The first kappa shape index (κ1) is 13.4. The van der Waals surface area contributed by atoms with Gasteiger partial charge < -0.3 is 20.5 Å². The number of ether oxygens (including phenoxy) is 1. The van der Waals surface area contributed by atoms with E-state index >= 15 is 0 Å². The van der Waals surface area contributed by atoms with Crippen molar-refractivity contribution in [1.82, 2.24) is 10.3 Å². The highest BCUT2D eigenvalue weighted by atomic mass is 16.5. The summed E-state index contributed by atoms with van der Waals surface area (Å²) in [5.41, 5.74) is 0.151. The molecule has 0 aliphatic carbocycles. The Morgan fingerprint density at radius 1 is 1.39 bits per heavy atom. The van der Waals surface area contributed by atoms with Crippen LogP contribution < -0.4 is 10.6 Å². The average molecular weight is 253 g/mol. The quantitative estimate of drug-likeness (QED) is 0.654. The fourth-order valence-electron chi connectivity index (χ4n) is 1.03. The van der Waals surface area contributed by atoms with Gasteiger partial charge in [0.05, 0.1) is 24.6 Å². The smallest absolute Gasteiger partial charge is 0.337 e. The van der Waals surface area contributed by atoms with E-state index in [0.29, 0.717) is 0 Å². The van der Waals surface area contributed by atoms with Crippen molar-refractivity contribution >= 4 is 23.7 Å². The van der Waals surface area contributed by atoms with E-state index in [9.17, 15) is 14.4 Å². The maximum atomic E-state index is 11.3. The summed E-state index contributed by atoms with van der Waals surface area (Å²) in [5.74, 6) is -1.75. The summed E-state index contributed by atoms with van der Waals surface area (Å²) in [6, 6.07) is 0.581. The molecule has 0 spiro atoms. The molecule has 0 unspecified atom stereocenters. The number of hydrogen-bond donors (Lipinski definition) is 3. The van der Waals surface area contributed by atoms with E-state index in [2.05, 4.69) is 20.4 Å². The number of carbonyl (C=O) groups excluding carboxylic acids is 2. The number of pyridine rings is 1. The van der Waals surface area contributed by atoms with Gasteiger partial charge in [-0.25, -0.2) is 9.59 Å². The maximum Gasteiger partial charge on any atom is 0.337 e. The van der Waals surface area contributed by atoms with Crippen molar-refractivity contribution in [3.8, 4) is 0 Å². The molecule has 0 aromatic carbocycles. The number of methoxy groups -OCH3 is 1. The number of anilines is 1. The highest BCUT2D eigenvalue weighted by molar-refractivity contribution is 5.93. The first-order valence-electron chi connectivity index (χ1n) is 4.83. The molecular formula is C10H11N3O5. The second kappa shape index (κ2) is 6.18. The van der Waals surface area contributed by atoms with Crippen LogP contribution in [0.25, 0.3) is 0 Å². The number of carbonyl (C=O) groups is 3. The van der Waals surface area contributed by atoms with Crippen molar-refractivity contribution < 1.29 is 24.2 Å². The van der Waals surface area contributed by atoms with E-state index in [1.54, 1.807) is 0 Å². The molecule has 0 radical (unpaired) electrons. The summed E-state index contributed by atoms with van der Waals surface area (Å²) in [6.45, 7) is -0.283. The zero-order valence-corrected chi connectivity index (χ0v) is 9.47. The lowest BCUT2D eigenvalue weighted by atomic mass is 10.3. The van der Waals surface area contributed by atoms with Crippen LogP contribution in [0.2, 0.25) is 0 Å². The van der Waals surface area contributed by atoms with Crippen LogP contribution in [0.5, 0.6) is 0 Å². The molecule has 1 heterocycles. The fraction of sp³-hybridized carbons (Fsp3) is 0.200. The summed E-state index contributed by atoms with van der Waals surface area (Å²) < 4.78 is 4.33. The maximum absolute atomic E-state index is 11.3. The van der Waals surface area contributed by atoms with Gasteiger partial charge in [-0.3, -0.25) is 9.78 Å². The molecule has 1 rings (SSSR count). The van der Waals surface area contributed by atoms with Crippen LogP contribution >= 0.6 is 0 Å². The first-order valence-corrected chi connectivity index (χ1v) is 4.83. The number of nitrogens with one attached hydrogen (secondary N) is 2. The van der Waals surface area contributed by atoms with Gasteiger partial charge >= 0.3 is 18.0 Å². The molecule has 0 atom stereocenters. The van der Waals surface area contributed by atoms with E-state index in [1.165, 1.54) is 19.4 Å². The van der Waals surface area contributed by atoms with Gasteiger partial charge in [-0.1, -0.05) is 0 Å². The van der Waals surface area contributed by atoms with Gasteiger partial charge in [0.15, 0.2) is 0 Å². The Balaban J connectivity index is 2.56. The van der Waals surface area contributed by atoms with E-state index in [0.717, 1.165) is 6.20 Å². The topological polar surface area (TPSA) is 118 Å². The van der Waals surface area contributed by atoms with Crippen LogP contribution in [0.3, 0.4) is 0 Å². The number of esters is 1. The molecule has 0 fully saturated rings. The Bertz CT molecular complexity index is 474. The summed E-state index contributed by atoms with van der Waals surface area (Å²) in [6.07, 6.45) is 2.43. The average Bonchev–Trinajstić information content (AvgIpc) is 2.36. The summed E-state index contributed by atoms with van der Waals surface area (Å²) in [4.78, 5) is 36.4. The van der Waals surface area contributed by atoms with Crippen molar-refractivity contribution in [2.75, 3.05) is 19.0 Å². The summed E-state index contributed by atoms with van der Waals surface area (Å²) >= 11 is 0. The Morgan fingerprint density at radius 2 is 2.11 bits per heavy atom. The largest absolute Gasteiger partial charge is 0.478 e. The Kier molecular flexibility index (Phi) is 4.61. The molecule has 1 aromatic heterocycles. The third kappa shape index (κ3) is 4.08. The number of carboxylic acids is 1. The van der Waals surface area contributed by atoms with Gasteiger partial charge in [0, 0.05) is 6.20 Å². The van der Waals surface area contributed by atoms with Gasteiger partial charge in [0.25, 0.3) is 0 Å². The first-order chi connectivity index (χ1) is 8.52. The van der Waals surface area contributed by atoms with Crippen LogP contribution in [0.4, 0.5) is 10.5 Å². The van der Waals surface area contributed by atoms with Gasteiger partial charge in [0.2, 0.25) is 0 Å². The van der Waals surface area contributed by atoms with E-state index in [-0.39, 0.29) is 17.8 Å². The minimum atomic E-state index is -1.15. The van der Waals surface area contributed by atoms with Gasteiger partial charge in [0.1, 0.15) is 6.54 Å². The number of hydrogen-bond acceptors (Lipinski definition) is 5. The number of nitrogens with zero attached hydrogens (tertiary/aromatic N) is 1. The normalized spacial score (nSPS) is 9.39. The number of rotatable bonds is 4. The molecule has 18 heavy (non-hydrogen) atoms. The molecule has 8 nitrogen and oxygen atoms in total. The molecule has 3 N–H and O–H groups in total. The van der Waals surface area contributed by atoms with Crippen LogP contribution in [-0.2, 0) is 9.53 Å². The molecule has 0 saturated heterocycles. The lowest BCUT2D eigenvalue weighted by Crippen LogP contribution is -2.33. The Hall–Kier alpha value is -2.64. The lowest BCUT2D eigenvalue weighted by molar-refractivity contribution is -0.139. The van der Waals surface area contributed by atoms with Crippen molar-refractivity contribution in [3.63, 3.8) is 0 Å². The number of aromatic nitrogens is 1. The molecule has 96 valence electrons. The minimum Gasteiger partial charge on any atom is -0.478 e. The van der Waals surface area contributed by atoms with Crippen molar-refractivity contribution in [1.29, 1.82) is 0 Å². The Labute approximate surface area is 102 Å². The third-order valence-corrected chi connectivity index (χ3v) is 1.86. The van der Waals surface area contributed by atoms with Gasteiger partial charge in [-0.05, 0) is 6.07 Å². The molecule has 8 heteroatoms. The van der Waals surface area contributed by atoms with Crippen molar-refractivity contribution in [2.24, 2.45) is 0 Å². The summed E-state index contributed by atoms with van der Waals surface area (Å²) in [5, 5.41) is 13.3. The number of carboxylic acid groups (broad SMARTS) is 1. The zero-order chi connectivity index (χ0) is 13.5. The predicted molar refractivity (Wildman–Crippen MR) is 60.2 cm³/mol. The highest BCUT2D eigenvalue weighted by Crippen LogP contribution is 2.07. The molecule has 2 amide bonds. The van der Waals surface area contributed by atoms with E-state index < -0.39 is 18.0 Å². The monoisotopic (exact) mass is 253 g/mol. The highest BCUT2D eigenvalue weighted by Gasteiger charge is 2.08. The SMILES string of the molecule is COC(=O)CNC(=O)Nc1cncc(C(=O)O)c1. The van der Waals surface area contributed by atoms with Gasteiger partial charge in [-0.2, -0.15) is 0 Å². The van der Waals surface area contributed by atoms with E-state index in [4.69, 9.17) is 5.11 Å². The zero-order valence-electron chi connectivity index (χ0n) is 9.47. The standard InChI is InChI=1S/C10H11N3O5/c1-18-8(14)5-12-10(17)13-7-2-6(9(15)16)3-11-4-7/h2-4H,5H2,1H3,(H,15,16)(H2,12,13,17). The number of urea groups is 1. The number of amides is 2. The van der Waals surface area contributed by atoms with Crippen molar-refractivity contribution in [2.45, 2.75) is 0 Å². The van der Waals surface area contributed by atoms with Crippen LogP contribution in [0.1, 0.15) is 10.4 Å². The van der Waals surface area contributed by atoms with Crippen LogP contribution in [0.15, 0.2) is 18.5 Å². The predicted octanol–water partition coefficient (Wildman–Crippen LogP) is 0.0743. The molecule has 0 bridgehead atoms. The third-order valence-electron chi connectivity index (χ3n) is 1.86. The molecule has 1 aromatic rings. The van der Waals surface area contributed by atoms with E-state index in [1.807, 2.05) is 0 Å². The Morgan fingerprint density at radius 3 is 2.72 bits per heavy atom. The van der Waals surface area contributed by atoms with Crippen LogP contribution in [-0.4, -0.2) is 41.7 Å². The molecule has 0 aliphatic heterocycles. The minimum absolute atomic E-state index is 0.0548. The second-order valence-electron chi connectivity index (χ2n) is 3.15. The molecular weight excluding hydrogens is 242 g/mol. The summed E-state index contributed by atoms with van der Waals surface area (Å²) in [7, 11) is 1.20. The lowest BCUT2D eigenvalue weighted by Gasteiger charge is -2.06. The van der Waals surface area contributed by atoms with Gasteiger partial charge in [-0.15, -0.1) is 0 Å². The molecule has 0 aliphatic rings. The molecule has 0 saturated carbocycles. The number of aromatic carboxylic acids is 1. The van der Waals surface area contributed by atoms with Crippen molar-refractivity contribution in [3.05, 3.63) is 24.0 Å².